The minimum absolute atomic E-state index is 0.142. The topological polar surface area (TPSA) is 149 Å². The number of hydrogen-bond acceptors (Lipinski definition) is 8. The van der Waals surface area contributed by atoms with Crippen LogP contribution in [0.25, 0.3) is 0 Å². The van der Waals surface area contributed by atoms with Gasteiger partial charge in [0.2, 0.25) is 5.91 Å². The molecule has 1 fully saturated rings. The van der Waals surface area contributed by atoms with Crippen molar-refractivity contribution in [2.45, 2.75) is 269 Å². The zero-order chi connectivity index (χ0) is 42.3. The van der Waals surface area contributed by atoms with E-state index in [1.54, 1.807) is 0 Å². The van der Waals surface area contributed by atoms with E-state index in [-0.39, 0.29) is 12.5 Å². The van der Waals surface area contributed by atoms with E-state index in [1.165, 1.54) is 135 Å². The number of allylic oxidation sites excluding steroid dienone is 4. The van der Waals surface area contributed by atoms with Crippen LogP contribution in [0.4, 0.5) is 0 Å². The summed E-state index contributed by atoms with van der Waals surface area (Å²) >= 11 is 0. The first-order chi connectivity index (χ1) is 28.3. The molecule has 9 heteroatoms. The summed E-state index contributed by atoms with van der Waals surface area (Å²) in [5, 5.41) is 54.4. The molecule has 0 aromatic heterocycles. The van der Waals surface area contributed by atoms with Crippen molar-refractivity contribution in [2.24, 2.45) is 0 Å². The summed E-state index contributed by atoms with van der Waals surface area (Å²) in [6.07, 6.45) is 40.4. The minimum atomic E-state index is -1.55. The Morgan fingerprint density at radius 3 is 1.53 bits per heavy atom. The van der Waals surface area contributed by atoms with Crippen molar-refractivity contribution in [1.82, 2.24) is 5.32 Å². The number of hydrogen-bond donors (Lipinski definition) is 6. The van der Waals surface area contributed by atoms with Crippen LogP contribution in [0, 0.1) is 0 Å². The highest BCUT2D eigenvalue weighted by Gasteiger charge is 2.44. The lowest BCUT2D eigenvalue weighted by Crippen LogP contribution is -2.60. The maximum Gasteiger partial charge on any atom is 0.220 e. The lowest BCUT2D eigenvalue weighted by atomic mass is 9.99. The van der Waals surface area contributed by atoms with E-state index >= 15 is 0 Å². The SMILES string of the molecule is CCCC/C=C\C/C=C\CCCCCCCC(=O)NC(COC1OC(CO)C(O)C(O)C1O)C(O)CCCCCCCCCCCCCCCCCCCCCCC. The van der Waals surface area contributed by atoms with Gasteiger partial charge in [0.25, 0.3) is 0 Å². The molecular weight excluding hydrogens is 731 g/mol. The van der Waals surface area contributed by atoms with Crippen molar-refractivity contribution >= 4 is 5.91 Å². The number of unbranched alkanes of at least 4 members (excludes halogenated alkanes) is 27. The average Bonchev–Trinajstić information content (AvgIpc) is 3.22. The van der Waals surface area contributed by atoms with Gasteiger partial charge in [-0.05, 0) is 38.5 Å². The number of amides is 1. The third-order valence-corrected chi connectivity index (χ3v) is 11.8. The largest absolute Gasteiger partial charge is 0.394 e. The Labute approximate surface area is 356 Å². The van der Waals surface area contributed by atoms with Crippen LogP contribution in [0.15, 0.2) is 24.3 Å². The molecule has 0 saturated carbocycles. The van der Waals surface area contributed by atoms with Crippen molar-refractivity contribution in [2.75, 3.05) is 13.2 Å². The third-order valence-electron chi connectivity index (χ3n) is 11.8. The average molecular weight is 824 g/mol. The molecule has 6 N–H and O–H groups in total. The van der Waals surface area contributed by atoms with Crippen LogP contribution in [0.3, 0.4) is 0 Å². The number of aliphatic hydroxyl groups is 5. The van der Waals surface area contributed by atoms with Gasteiger partial charge in [-0.15, -0.1) is 0 Å². The fourth-order valence-corrected chi connectivity index (χ4v) is 7.82. The Morgan fingerprint density at radius 1 is 0.586 bits per heavy atom. The van der Waals surface area contributed by atoms with Gasteiger partial charge in [0, 0.05) is 6.42 Å². The summed E-state index contributed by atoms with van der Waals surface area (Å²) in [6, 6.07) is -0.724. The summed E-state index contributed by atoms with van der Waals surface area (Å²) in [7, 11) is 0. The number of nitrogens with one attached hydrogen (secondary N) is 1. The molecule has 1 heterocycles. The van der Waals surface area contributed by atoms with Gasteiger partial charge in [0.1, 0.15) is 24.4 Å². The van der Waals surface area contributed by atoms with Crippen molar-refractivity contribution < 1.29 is 39.8 Å². The number of aliphatic hydroxyl groups excluding tert-OH is 5. The van der Waals surface area contributed by atoms with Gasteiger partial charge in [0.05, 0.1) is 25.4 Å². The maximum atomic E-state index is 13.0. The molecule has 1 aliphatic heterocycles. The molecule has 1 aliphatic rings. The third kappa shape index (κ3) is 29.8. The normalized spacial score (nSPS) is 21.0. The molecule has 0 aromatic carbocycles. The van der Waals surface area contributed by atoms with Gasteiger partial charge in [-0.3, -0.25) is 4.79 Å². The molecule has 0 bridgehead atoms. The second-order valence-electron chi connectivity index (χ2n) is 17.3. The molecule has 7 unspecified atom stereocenters. The minimum Gasteiger partial charge on any atom is -0.394 e. The molecule has 1 saturated heterocycles. The first-order valence-electron chi connectivity index (χ1n) is 24.5. The van der Waals surface area contributed by atoms with Crippen molar-refractivity contribution in [1.29, 1.82) is 0 Å². The van der Waals surface area contributed by atoms with Crippen LogP contribution in [-0.4, -0.2) is 87.5 Å². The summed E-state index contributed by atoms with van der Waals surface area (Å²) in [5.74, 6) is -0.157. The second kappa shape index (κ2) is 39.8. The monoisotopic (exact) mass is 824 g/mol. The molecule has 0 aliphatic carbocycles. The summed E-state index contributed by atoms with van der Waals surface area (Å²) in [4.78, 5) is 13.0. The highest BCUT2D eigenvalue weighted by Crippen LogP contribution is 2.23. The van der Waals surface area contributed by atoms with Crippen LogP contribution >= 0.6 is 0 Å². The fraction of sp³-hybridized carbons (Fsp3) is 0.898. The molecule has 9 nitrogen and oxygen atoms in total. The van der Waals surface area contributed by atoms with E-state index in [0.29, 0.717) is 12.8 Å². The highest BCUT2D eigenvalue weighted by atomic mass is 16.7. The Kier molecular flexibility index (Phi) is 37.5. The Bertz CT molecular complexity index is 961. The summed E-state index contributed by atoms with van der Waals surface area (Å²) in [6.45, 7) is 3.80. The van der Waals surface area contributed by atoms with Crippen molar-refractivity contribution in [3.05, 3.63) is 24.3 Å². The number of rotatable bonds is 41. The molecule has 58 heavy (non-hydrogen) atoms. The smallest absolute Gasteiger partial charge is 0.220 e. The first-order valence-corrected chi connectivity index (χ1v) is 24.5. The number of carbonyl (C=O) groups is 1. The van der Waals surface area contributed by atoms with Crippen molar-refractivity contribution in [3.63, 3.8) is 0 Å². The molecular formula is C49H93NO8. The van der Waals surface area contributed by atoms with Gasteiger partial charge < -0.3 is 40.3 Å². The fourth-order valence-electron chi connectivity index (χ4n) is 7.82. The van der Waals surface area contributed by atoms with E-state index in [0.717, 1.165) is 64.2 Å². The van der Waals surface area contributed by atoms with E-state index in [1.807, 2.05) is 0 Å². The maximum absolute atomic E-state index is 13.0. The lowest BCUT2D eigenvalue weighted by Gasteiger charge is -2.40. The predicted octanol–water partition coefficient (Wildman–Crippen LogP) is 10.7. The van der Waals surface area contributed by atoms with Crippen LogP contribution in [0.5, 0.6) is 0 Å². The zero-order valence-electron chi connectivity index (χ0n) is 37.6. The zero-order valence-corrected chi connectivity index (χ0v) is 37.6. The van der Waals surface area contributed by atoms with Gasteiger partial charge >= 0.3 is 0 Å². The van der Waals surface area contributed by atoms with Gasteiger partial charge in [0.15, 0.2) is 6.29 Å². The molecule has 0 aromatic rings. The van der Waals surface area contributed by atoms with Crippen LogP contribution in [0.2, 0.25) is 0 Å². The Balaban J connectivity index is 2.28. The van der Waals surface area contributed by atoms with Crippen LogP contribution in [-0.2, 0) is 14.3 Å². The summed E-state index contributed by atoms with van der Waals surface area (Å²) < 4.78 is 11.3. The molecule has 0 radical (unpaired) electrons. The van der Waals surface area contributed by atoms with E-state index in [2.05, 4.69) is 43.5 Å². The van der Waals surface area contributed by atoms with E-state index in [4.69, 9.17) is 9.47 Å². The number of carbonyl (C=O) groups excluding carboxylic acids is 1. The van der Waals surface area contributed by atoms with Gasteiger partial charge in [-0.25, -0.2) is 0 Å². The summed E-state index contributed by atoms with van der Waals surface area (Å²) in [5.41, 5.74) is 0. The van der Waals surface area contributed by atoms with E-state index < -0.39 is 49.5 Å². The predicted molar refractivity (Wildman–Crippen MR) is 240 cm³/mol. The van der Waals surface area contributed by atoms with E-state index in [9.17, 15) is 30.3 Å². The Morgan fingerprint density at radius 2 is 1.03 bits per heavy atom. The lowest BCUT2D eigenvalue weighted by molar-refractivity contribution is -0.302. The van der Waals surface area contributed by atoms with Crippen LogP contribution < -0.4 is 5.32 Å². The molecule has 0 spiro atoms. The van der Waals surface area contributed by atoms with Crippen LogP contribution in [0.1, 0.15) is 226 Å². The highest BCUT2D eigenvalue weighted by molar-refractivity contribution is 5.76. The van der Waals surface area contributed by atoms with Crippen molar-refractivity contribution in [3.8, 4) is 0 Å². The Hall–Kier alpha value is -1.33. The molecule has 342 valence electrons. The van der Waals surface area contributed by atoms with Gasteiger partial charge in [-0.2, -0.15) is 0 Å². The molecule has 7 atom stereocenters. The molecule has 1 amide bonds. The number of ether oxygens (including phenoxy) is 2. The molecule has 1 rings (SSSR count). The standard InChI is InChI=1S/C49H93NO8/c1-3-5-7-9-11-13-15-17-19-20-21-22-23-24-25-26-28-30-32-34-36-38-43(52)42(41-57-49-48(56)47(55)46(54)44(40-51)58-49)50-45(53)39-37-35-33-31-29-27-18-16-14-12-10-8-6-4-2/h10,12,16,18,42-44,46-49,51-52,54-56H,3-9,11,13-15,17,19-41H2,1-2H3,(H,50,53)/b12-10-,18-16-. The first kappa shape index (κ1) is 54.7. The second-order valence-corrected chi connectivity index (χ2v) is 17.3. The van der Waals surface area contributed by atoms with Gasteiger partial charge in [-0.1, -0.05) is 205 Å². The quantitative estimate of drug-likeness (QED) is 0.0264.